The molecule has 1 atom stereocenters. The molecule has 0 saturated heterocycles. The number of ether oxygens (including phenoxy) is 2. The first-order chi connectivity index (χ1) is 12.0. The lowest BCUT2D eigenvalue weighted by Crippen LogP contribution is -2.28. The number of hydrogen-bond acceptors (Lipinski definition) is 4. The van der Waals surface area contributed by atoms with Crippen molar-refractivity contribution in [2.24, 2.45) is 0 Å². The van der Waals surface area contributed by atoms with Gasteiger partial charge in [0.2, 0.25) is 0 Å². The van der Waals surface area contributed by atoms with Gasteiger partial charge in [0.05, 0.1) is 6.10 Å². The second kappa shape index (κ2) is 7.57. The Kier molecular flexibility index (Phi) is 5.24. The largest absolute Gasteiger partial charge is 0.486 e. The number of nitrogens with one attached hydrogen (secondary N) is 1. The van der Waals surface area contributed by atoms with Gasteiger partial charge in [-0.15, -0.1) is 0 Å². The molecule has 1 amide bonds. The summed E-state index contributed by atoms with van der Waals surface area (Å²) in [6.45, 7) is 5.38. The highest BCUT2D eigenvalue weighted by molar-refractivity contribution is 5.94. The topological polar surface area (TPSA) is 67.8 Å². The van der Waals surface area contributed by atoms with Crippen LogP contribution in [0.25, 0.3) is 0 Å². The molecule has 0 radical (unpaired) electrons. The first-order valence-electron chi connectivity index (χ1n) is 8.50. The second-order valence-corrected chi connectivity index (χ2v) is 6.41. The van der Waals surface area contributed by atoms with Crippen molar-refractivity contribution in [2.75, 3.05) is 19.8 Å². The summed E-state index contributed by atoms with van der Waals surface area (Å²) in [4.78, 5) is 12.3. The third-order valence-corrected chi connectivity index (χ3v) is 4.25. The van der Waals surface area contributed by atoms with Crippen molar-refractivity contribution in [2.45, 2.75) is 25.9 Å². The molecule has 3 rings (SSSR count). The van der Waals surface area contributed by atoms with Crippen LogP contribution in [0.5, 0.6) is 11.5 Å². The molecule has 1 heterocycles. The van der Waals surface area contributed by atoms with Gasteiger partial charge >= 0.3 is 0 Å². The fraction of sp³-hybridized carbons (Fsp3) is 0.350. The molecular formula is C20H23NO4. The third-order valence-electron chi connectivity index (χ3n) is 4.25. The van der Waals surface area contributed by atoms with E-state index in [0.717, 1.165) is 5.56 Å². The van der Waals surface area contributed by atoms with Gasteiger partial charge in [0.15, 0.2) is 11.5 Å². The van der Waals surface area contributed by atoms with Crippen LogP contribution in [0.15, 0.2) is 42.5 Å². The van der Waals surface area contributed by atoms with Gasteiger partial charge in [0.1, 0.15) is 13.2 Å². The molecule has 2 N–H and O–H groups in total. The van der Waals surface area contributed by atoms with Crippen molar-refractivity contribution < 1.29 is 19.4 Å². The van der Waals surface area contributed by atoms with Crippen LogP contribution < -0.4 is 14.8 Å². The number of aliphatic hydroxyl groups excluding tert-OH is 1. The zero-order valence-corrected chi connectivity index (χ0v) is 14.5. The van der Waals surface area contributed by atoms with Gasteiger partial charge in [-0.2, -0.15) is 0 Å². The van der Waals surface area contributed by atoms with E-state index >= 15 is 0 Å². The minimum Gasteiger partial charge on any atom is -0.486 e. The number of benzene rings is 2. The number of carbonyl (C=O) groups is 1. The van der Waals surface area contributed by atoms with Crippen LogP contribution in [-0.4, -0.2) is 30.8 Å². The molecule has 1 aliphatic rings. The Labute approximate surface area is 147 Å². The molecule has 0 bridgehead atoms. The van der Waals surface area contributed by atoms with E-state index in [-0.39, 0.29) is 12.5 Å². The predicted molar refractivity (Wildman–Crippen MR) is 95.3 cm³/mol. The van der Waals surface area contributed by atoms with E-state index in [2.05, 4.69) is 19.2 Å². The summed E-state index contributed by atoms with van der Waals surface area (Å²) in [5.41, 5.74) is 2.48. The predicted octanol–water partition coefficient (Wildman–Crippen LogP) is 3.04. The van der Waals surface area contributed by atoms with Crippen molar-refractivity contribution >= 4 is 5.91 Å². The summed E-state index contributed by atoms with van der Waals surface area (Å²) in [5, 5.41) is 13.0. The number of carbonyl (C=O) groups excluding carboxylic acids is 1. The average molecular weight is 341 g/mol. The third kappa shape index (κ3) is 4.12. The molecule has 1 aliphatic heterocycles. The Hall–Kier alpha value is -2.53. The average Bonchev–Trinajstić information content (AvgIpc) is 2.65. The SMILES string of the molecule is CC(C)c1ccc(C(O)CNC(=O)c2ccc3c(c2)OCCO3)cc1. The maximum Gasteiger partial charge on any atom is 0.251 e. The number of amides is 1. The summed E-state index contributed by atoms with van der Waals surface area (Å²) < 4.78 is 10.9. The van der Waals surface area contributed by atoms with Gasteiger partial charge in [-0.05, 0) is 35.2 Å². The van der Waals surface area contributed by atoms with Gasteiger partial charge in [-0.3, -0.25) is 4.79 Å². The molecule has 0 fully saturated rings. The van der Waals surface area contributed by atoms with E-state index < -0.39 is 6.10 Å². The molecule has 25 heavy (non-hydrogen) atoms. The van der Waals surface area contributed by atoms with Crippen LogP contribution in [0, 0.1) is 0 Å². The summed E-state index contributed by atoms with van der Waals surface area (Å²) in [6.07, 6.45) is -0.748. The van der Waals surface area contributed by atoms with E-state index in [0.29, 0.717) is 36.2 Å². The first kappa shape index (κ1) is 17.3. The van der Waals surface area contributed by atoms with Crippen LogP contribution in [-0.2, 0) is 0 Å². The van der Waals surface area contributed by atoms with E-state index in [9.17, 15) is 9.90 Å². The lowest BCUT2D eigenvalue weighted by Gasteiger charge is -2.19. The van der Waals surface area contributed by atoms with E-state index in [1.807, 2.05) is 24.3 Å². The molecule has 0 aliphatic carbocycles. The molecule has 5 heteroatoms. The maximum absolute atomic E-state index is 12.3. The van der Waals surface area contributed by atoms with Crippen LogP contribution >= 0.6 is 0 Å². The fourth-order valence-electron chi connectivity index (χ4n) is 2.70. The van der Waals surface area contributed by atoms with Crippen LogP contribution in [0.3, 0.4) is 0 Å². The van der Waals surface area contributed by atoms with Crippen LogP contribution in [0.2, 0.25) is 0 Å². The maximum atomic E-state index is 12.3. The molecule has 0 aromatic heterocycles. The molecule has 2 aromatic carbocycles. The van der Waals surface area contributed by atoms with Gasteiger partial charge < -0.3 is 19.9 Å². The lowest BCUT2D eigenvalue weighted by molar-refractivity contribution is 0.0915. The highest BCUT2D eigenvalue weighted by Gasteiger charge is 2.16. The van der Waals surface area contributed by atoms with Crippen molar-refractivity contribution in [3.63, 3.8) is 0 Å². The molecule has 0 spiro atoms. The van der Waals surface area contributed by atoms with E-state index in [1.165, 1.54) is 5.56 Å². The second-order valence-electron chi connectivity index (χ2n) is 6.41. The standard InChI is InChI=1S/C20H23NO4/c1-13(2)14-3-5-15(6-4-14)17(22)12-21-20(23)16-7-8-18-19(11-16)25-10-9-24-18/h3-8,11,13,17,22H,9-10,12H2,1-2H3,(H,21,23). The fourth-order valence-corrected chi connectivity index (χ4v) is 2.70. The summed E-state index contributed by atoms with van der Waals surface area (Å²) in [5.74, 6) is 1.41. The number of hydrogen-bond donors (Lipinski definition) is 2. The van der Waals surface area contributed by atoms with Crippen LogP contribution in [0.4, 0.5) is 0 Å². The van der Waals surface area contributed by atoms with Crippen molar-refractivity contribution in [1.82, 2.24) is 5.32 Å². The molecule has 5 nitrogen and oxygen atoms in total. The Morgan fingerprint density at radius 3 is 2.36 bits per heavy atom. The highest BCUT2D eigenvalue weighted by atomic mass is 16.6. The van der Waals surface area contributed by atoms with Gasteiger partial charge in [0.25, 0.3) is 5.91 Å². The number of aliphatic hydroxyl groups is 1. The summed E-state index contributed by atoms with van der Waals surface area (Å²) in [6, 6.07) is 12.9. The number of rotatable bonds is 5. The van der Waals surface area contributed by atoms with Gasteiger partial charge in [0, 0.05) is 12.1 Å². The molecular weight excluding hydrogens is 318 g/mol. The Balaban J connectivity index is 1.59. The first-order valence-corrected chi connectivity index (χ1v) is 8.50. The summed E-state index contributed by atoms with van der Waals surface area (Å²) in [7, 11) is 0. The molecule has 1 unspecified atom stereocenters. The molecule has 0 saturated carbocycles. The monoisotopic (exact) mass is 341 g/mol. The quantitative estimate of drug-likeness (QED) is 0.877. The zero-order chi connectivity index (χ0) is 17.8. The van der Waals surface area contributed by atoms with Crippen LogP contribution in [0.1, 0.15) is 47.4 Å². The zero-order valence-electron chi connectivity index (χ0n) is 14.5. The van der Waals surface area contributed by atoms with Gasteiger partial charge in [-0.25, -0.2) is 0 Å². The smallest absolute Gasteiger partial charge is 0.251 e. The van der Waals surface area contributed by atoms with Gasteiger partial charge in [-0.1, -0.05) is 38.1 Å². The normalized spacial score (nSPS) is 14.2. The Morgan fingerprint density at radius 2 is 1.68 bits per heavy atom. The number of fused-ring (bicyclic) bond motifs is 1. The molecule has 132 valence electrons. The Bertz CT molecular complexity index is 740. The Morgan fingerprint density at radius 1 is 1.04 bits per heavy atom. The summed E-state index contributed by atoms with van der Waals surface area (Å²) >= 11 is 0. The van der Waals surface area contributed by atoms with Crippen molar-refractivity contribution in [3.8, 4) is 11.5 Å². The lowest BCUT2D eigenvalue weighted by atomic mass is 10.00. The van der Waals surface area contributed by atoms with Crippen molar-refractivity contribution in [1.29, 1.82) is 0 Å². The van der Waals surface area contributed by atoms with E-state index in [1.54, 1.807) is 18.2 Å². The minimum atomic E-state index is -0.748. The van der Waals surface area contributed by atoms with Crippen molar-refractivity contribution in [3.05, 3.63) is 59.2 Å². The molecule has 2 aromatic rings. The van der Waals surface area contributed by atoms with E-state index in [4.69, 9.17) is 9.47 Å². The highest BCUT2D eigenvalue weighted by Crippen LogP contribution is 2.30. The minimum absolute atomic E-state index is 0.147.